The smallest absolute Gasteiger partial charge is 0.313 e. The Bertz CT molecular complexity index is 813. The van der Waals surface area contributed by atoms with Crippen molar-refractivity contribution in [1.29, 1.82) is 0 Å². The molecule has 6 heteroatoms. The van der Waals surface area contributed by atoms with E-state index in [1.165, 1.54) is 31.4 Å². The molecule has 0 fully saturated rings. The molecule has 0 saturated carbocycles. The van der Waals surface area contributed by atoms with E-state index >= 15 is 0 Å². The zero-order valence-corrected chi connectivity index (χ0v) is 13.6. The molecular formula is C17H17FO4S. The molecule has 0 aromatic heterocycles. The van der Waals surface area contributed by atoms with Crippen LogP contribution in [0, 0.1) is 5.82 Å². The van der Waals surface area contributed by atoms with Gasteiger partial charge in [-0.3, -0.25) is 0 Å². The molecule has 0 atom stereocenters. The Labute approximate surface area is 135 Å². The quantitative estimate of drug-likeness (QED) is 0.754. The Balaban J connectivity index is 2.23. The Hall–Kier alpha value is -2.34. The molecule has 0 spiro atoms. The van der Waals surface area contributed by atoms with Gasteiger partial charge >= 0.3 is 10.1 Å². The lowest BCUT2D eigenvalue weighted by Gasteiger charge is -2.11. The minimum Gasteiger partial charge on any atom is -0.493 e. The van der Waals surface area contributed by atoms with Gasteiger partial charge in [0.25, 0.3) is 0 Å². The van der Waals surface area contributed by atoms with Gasteiger partial charge in [-0.05, 0) is 42.3 Å². The summed E-state index contributed by atoms with van der Waals surface area (Å²) in [7, 11) is -2.50. The average molecular weight is 336 g/mol. The predicted molar refractivity (Wildman–Crippen MR) is 87.4 cm³/mol. The van der Waals surface area contributed by atoms with Gasteiger partial charge in [-0.2, -0.15) is 8.42 Å². The Morgan fingerprint density at radius 2 is 1.91 bits per heavy atom. The zero-order chi connectivity index (χ0) is 16.9. The fourth-order valence-electron chi connectivity index (χ4n) is 2.05. The SMILES string of the molecule is C/C=C/c1ccc(OS(=O)(=O)Cc2cccc(F)c2)c(OC)c1. The average Bonchev–Trinajstić information content (AvgIpc) is 2.48. The predicted octanol–water partition coefficient (Wildman–Crippen LogP) is 3.78. The molecule has 122 valence electrons. The summed E-state index contributed by atoms with van der Waals surface area (Å²) in [4.78, 5) is 0. The maximum atomic E-state index is 13.1. The van der Waals surface area contributed by atoms with Crippen LogP contribution in [0.3, 0.4) is 0 Å². The van der Waals surface area contributed by atoms with Crippen molar-refractivity contribution in [2.45, 2.75) is 12.7 Å². The zero-order valence-electron chi connectivity index (χ0n) is 12.8. The molecule has 0 radical (unpaired) electrons. The van der Waals surface area contributed by atoms with Crippen molar-refractivity contribution in [2.24, 2.45) is 0 Å². The van der Waals surface area contributed by atoms with Crippen molar-refractivity contribution in [3.05, 3.63) is 65.5 Å². The van der Waals surface area contributed by atoms with Gasteiger partial charge in [0.05, 0.1) is 7.11 Å². The summed E-state index contributed by atoms with van der Waals surface area (Å²) < 4.78 is 47.7. The number of benzene rings is 2. The lowest BCUT2D eigenvalue weighted by molar-refractivity contribution is 0.390. The second-order valence-corrected chi connectivity index (χ2v) is 6.40. The van der Waals surface area contributed by atoms with Crippen molar-refractivity contribution >= 4 is 16.2 Å². The first kappa shape index (κ1) is 17.0. The van der Waals surface area contributed by atoms with E-state index in [4.69, 9.17) is 8.92 Å². The third kappa shape index (κ3) is 4.82. The number of hydrogen-bond acceptors (Lipinski definition) is 4. The first-order valence-electron chi connectivity index (χ1n) is 6.91. The van der Waals surface area contributed by atoms with Crippen molar-refractivity contribution in [1.82, 2.24) is 0 Å². The van der Waals surface area contributed by atoms with Crippen LogP contribution in [0.25, 0.3) is 6.08 Å². The summed E-state index contributed by atoms with van der Waals surface area (Å²) >= 11 is 0. The summed E-state index contributed by atoms with van der Waals surface area (Å²) in [5, 5.41) is 0. The molecule has 2 aromatic rings. The fraction of sp³-hybridized carbons (Fsp3) is 0.176. The van der Waals surface area contributed by atoms with Gasteiger partial charge in [-0.15, -0.1) is 0 Å². The van der Waals surface area contributed by atoms with Crippen molar-refractivity contribution in [3.8, 4) is 11.5 Å². The molecule has 0 aliphatic heterocycles. The van der Waals surface area contributed by atoms with Crippen LogP contribution in [-0.2, 0) is 15.9 Å². The molecule has 2 aromatic carbocycles. The number of rotatable bonds is 6. The Kier molecular flexibility index (Phi) is 5.39. The van der Waals surface area contributed by atoms with E-state index < -0.39 is 21.7 Å². The molecule has 0 unspecified atom stereocenters. The normalized spacial score (nSPS) is 11.6. The Morgan fingerprint density at radius 3 is 2.57 bits per heavy atom. The second-order valence-electron chi connectivity index (χ2n) is 4.83. The van der Waals surface area contributed by atoms with Gasteiger partial charge in [-0.1, -0.05) is 30.4 Å². The maximum Gasteiger partial charge on any atom is 0.313 e. The molecule has 23 heavy (non-hydrogen) atoms. The first-order valence-corrected chi connectivity index (χ1v) is 8.48. The Morgan fingerprint density at radius 1 is 1.13 bits per heavy atom. The number of allylic oxidation sites excluding steroid dienone is 1. The highest BCUT2D eigenvalue weighted by Crippen LogP contribution is 2.30. The largest absolute Gasteiger partial charge is 0.493 e. The van der Waals surface area contributed by atoms with Crippen LogP contribution in [0.15, 0.2) is 48.5 Å². The molecule has 0 amide bonds. The highest BCUT2D eigenvalue weighted by Gasteiger charge is 2.17. The van der Waals surface area contributed by atoms with Crippen molar-refractivity contribution < 1.29 is 21.7 Å². The standard InChI is InChI=1S/C17H17FO4S/c1-3-5-13-8-9-16(17(11-13)21-2)22-23(19,20)12-14-6-4-7-15(18)10-14/h3-11H,12H2,1-2H3/b5-3+. The van der Waals surface area contributed by atoms with Crippen LogP contribution >= 0.6 is 0 Å². The van der Waals surface area contributed by atoms with Crippen LogP contribution in [0.5, 0.6) is 11.5 Å². The van der Waals surface area contributed by atoms with Crippen LogP contribution < -0.4 is 8.92 Å². The number of ether oxygens (including phenoxy) is 1. The molecule has 4 nitrogen and oxygen atoms in total. The van der Waals surface area contributed by atoms with Gasteiger partial charge in [0.2, 0.25) is 0 Å². The van der Waals surface area contributed by atoms with E-state index in [2.05, 4.69) is 0 Å². The van der Waals surface area contributed by atoms with Crippen LogP contribution in [0.1, 0.15) is 18.1 Å². The van der Waals surface area contributed by atoms with Crippen molar-refractivity contribution in [3.63, 3.8) is 0 Å². The van der Waals surface area contributed by atoms with Crippen molar-refractivity contribution in [2.75, 3.05) is 7.11 Å². The van der Waals surface area contributed by atoms with E-state index in [0.29, 0.717) is 11.3 Å². The fourth-order valence-corrected chi connectivity index (χ4v) is 3.10. The topological polar surface area (TPSA) is 52.6 Å². The minimum atomic E-state index is -3.93. The summed E-state index contributed by atoms with van der Waals surface area (Å²) in [5.41, 5.74) is 1.17. The lowest BCUT2D eigenvalue weighted by atomic mass is 10.2. The molecule has 0 aliphatic carbocycles. The highest BCUT2D eigenvalue weighted by atomic mass is 32.2. The van der Waals surface area contributed by atoms with Gasteiger partial charge < -0.3 is 8.92 Å². The third-order valence-corrected chi connectivity index (χ3v) is 4.12. The van der Waals surface area contributed by atoms with E-state index in [1.54, 1.807) is 12.1 Å². The summed E-state index contributed by atoms with van der Waals surface area (Å²) in [6.07, 6.45) is 3.71. The lowest BCUT2D eigenvalue weighted by Crippen LogP contribution is -2.12. The van der Waals surface area contributed by atoms with Crippen LogP contribution in [0.2, 0.25) is 0 Å². The van der Waals surface area contributed by atoms with E-state index in [9.17, 15) is 12.8 Å². The maximum absolute atomic E-state index is 13.1. The number of hydrogen-bond donors (Lipinski definition) is 0. The molecule has 0 bridgehead atoms. The third-order valence-electron chi connectivity index (χ3n) is 3.00. The van der Waals surface area contributed by atoms with E-state index in [1.807, 2.05) is 19.1 Å². The molecule has 0 heterocycles. The number of halogens is 1. The van der Waals surface area contributed by atoms with E-state index in [-0.39, 0.29) is 5.75 Å². The second kappa shape index (κ2) is 7.28. The molecule has 0 aliphatic rings. The van der Waals surface area contributed by atoms with Gasteiger partial charge in [0.1, 0.15) is 11.6 Å². The van der Waals surface area contributed by atoms with Gasteiger partial charge in [0, 0.05) is 0 Å². The van der Waals surface area contributed by atoms with Crippen LogP contribution in [0.4, 0.5) is 4.39 Å². The summed E-state index contributed by atoms with van der Waals surface area (Å²) in [6.45, 7) is 1.88. The first-order chi connectivity index (χ1) is 10.9. The van der Waals surface area contributed by atoms with Gasteiger partial charge in [0.15, 0.2) is 11.5 Å². The molecule has 0 N–H and O–H groups in total. The highest BCUT2D eigenvalue weighted by molar-refractivity contribution is 7.86. The molecule has 2 rings (SSSR count). The molecule has 0 saturated heterocycles. The van der Waals surface area contributed by atoms with Gasteiger partial charge in [-0.25, -0.2) is 4.39 Å². The van der Waals surface area contributed by atoms with E-state index in [0.717, 1.165) is 11.6 Å². The van der Waals surface area contributed by atoms with Crippen LogP contribution in [-0.4, -0.2) is 15.5 Å². The molecular weight excluding hydrogens is 319 g/mol. The minimum absolute atomic E-state index is 0.0946. The summed E-state index contributed by atoms with van der Waals surface area (Å²) in [6, 6.07) is 10.3. The monoisotopic (exact) mass is 336 g/mol. The summed E-state index contributed by atoms with van der Waals surface area (Å²) in [5.74, 6) is -0.517. The number of methoxy groups -OCH3 is 1.